The van der Waals surface area contributed by atoms with E-state index in [1.165, 1.54) is 11.1 Å². The van der Waals surface area contributed by atoms with E-state index in [1.807, 2.05) is 18.2 Å². The molecule has 24 heavy (non-hydrogen) atoms. The van der Waals surface area contributed by atoms with E-state index in [4.69, 9.17) is 17.4 Å². The van der Waals surface area contributed by atoms with Crippen molar-refractivity contribution in [3.05, 3.63) is 75.7 Å². The van der Waals surface area contributed by atoms with Gasteiger partial charge < -0.3 is 0 Å². The van der Waals surface area contributed by atoms with Crippen molar-refractivity contribution in [3.8, 4) is 0 Å². The van der Waals surface area contributed by atoms with Gasteiger partial charge in [0, 0.05) is 21.7 Å². The highest BCUT2D eigenvalue weighted by atomic mass is 35.5. The predicted octanol–water partition coefficient (Wildman–Crippen LogP) is 3.26. The number of hydrogen-bond acceptors (Lipinski definition) is 4. The first-order valence-electron chi connectivity index (χ1n) is 7.50. The zero-order valence-electron chi connectivity index (χ0n) is 12.7. The summed E-state index contributed by atoms with van der Waals surface area (Å²) in [5.74, 6) is 5.56. The van der Waals surface area contributed by atoms with Gasteiger partial charge in [0.15, 0.2) is 0 Å². The van der Waals surface area contributed by atoms with Crippen LogP contribution < -0.4 is 5.84 Å². The molecule has 6 heteroatoms. The summed E-state index contributed by atoms with van der Waals surface area (Å²) >= 11 is 6.20. The molecule has 2 aromatic carbocycles. The van der Waals surface area contributed by atoms with Gasteiger partial charge in [0.2, 0.25) is 0 Å². The number of fused-ring (bicyclic) bond motifs is 2. The number of hydrazine groups is 1. The number of nitrogens with two attached hydrogens (primary N) is 1. The molecule has 0 bridgehead atoms. The largest absolute Gasteiger partial charge is 0.296 e. The minimum Gasteiger partial charge on any atom is -0.296 e. The Hall–Kier alpha value is -2.50. The first kappa shape index (κ1) is 15.1. The van der Waals surface area contributed by atoms with Gasteiger partial charge in [-0.2, -0.15) is 0 Å². The molecule has 2 aliphatic heterocycles. The lowest BCUT2D eigenvalue weighted by Crippen LogP contribution is -2.34. The van der Waals surface area contributed by atoms with E-state index < -0.39 is 0 Å². The smallest absolute Gasteiger partial charge is 0.132 e. The Bertz CT molecular complexity index is 917. The second-order valence-electron chi connectivity index (χ2n) is 5.68. The third-order valence-corrected chi connectivity index (χ3v) is 4.36. The molecule has 2 N–H and O–H groups in total. The lowest BCUT2D eigenvalue weighted by Gasteiger charge is -2.22. The van der Waals surface area contributed by atoms with Crippen molar-refractivity contribution in [2.45, 2.75) is 0 Å². The molecule has 4 rings (SSSR count). The van der Waals surface area contributed by atoms with Crippen LogP contribution >= 0.6 is 11.6 Å². The van der Waals surface area contributed by atoms with Gasteiger partial charge in [0.05, 0.1) is 24.5 Å². The molecular formula is C18H14ClFN4. The summed E-state index contributed by atoms with van der Waals surface area (Å²) < 4.78 is 14.3. The number of nitrogens with zero attached hydrogens (tertiary/aromatic N) is 3. The van der Waals surface area contributed by atoms with Gasteiger partial charge in [-0.1, -0.05) is 29.8 Å². The maximum Gasteiger partial charge on any atom is 0.132 e. The van der Waals surface area contributed by atoms with Crippen molar-refractivity contribution in [1.29, 1.82) is 0 Å². The summed E-state index contributed by atoms with van der Waals surface area (Å²) in [6.45, 7) is 0.892. The molecule has 2 aromatic rings. The first-order valence-corrected chi connectivity index (χ1v) is 7.88. The van der Waals surface area contributed by atoms with Crippen LogP contribution in [0, 0.1) is 5.82 Å². The minimum atomic E-state index is -0.314. The fourth-order valence-electron chi connectivity index (χ4n) is 3.01. The lowest BCUT2D eigenvalue weighted by molar-refractivity contribution is 0.503. The Kier molecular flexibility index (Phi) is 3.67. The van der Waals surface area contributed by atoms with Gasteiger partial charge in [-0.05, 0) is 29.8 Å². The van der Waals surface area contributed by atoms with Gasteiger partial charge in [0.25, 0.3) is 0 Å². The number of halogens is 2. The van der Waals surface area contributed by atoms with E-state index in [1.54, 1.807) is 24.5 Å². The average Bonchev–Trinajstić information content (AvgIpc) is 2.72. The molecular weight excluding hydrogens is 327 g/mol. The Morgan fingerprint density at radius 1 is 1.08 bits per heavy atom. The Balaban J connectivity index is 1.95. The second kappa shape index (κ2) is 5.85. The van der Waals surface area contributed by atoms with Crippen LogP contribution in [0.1, 0.15) is 16.7 Å². The van der Waals surface area contributed by atoms with E-state index in [0.717, 1.165) is 22.4 Å². The van der Waals surface area contributed by atoms with Crippen molar-refractivity contribution in [2.24, 2.45) is 15.8 Å². The van der Waals surface area contributed by atoms with E-state index in [2.05, 4.69) is 9.98 Å². The highest BCUT2D eigenvalue weighted by Crippen LogP contribution is 2.32. The van der Waals surface area contributed by atoms with E-state index in [9.17, 15) is 4.39 Å². The molecule has 0 unspecified atom stereocenters. The second-order valence-corrected chi connectivity index (χ2v) is 6.11. The van der Waals surface area contributed by atoms with Crippen LogP contribution in [0.4, 0.5) is 4.39 Å². The average molecular weight is 341 g/mol. The zero-order valence-corrected chi connectivity index (χ0v) is 13.5. The molecule has 120 valence electrons. The maximum absolute atomic E-state index is 14.3. The summed E-state index contributed by atoms with van der Waals surface area (Å²) in [6.07, 6.45) is 1.58. The topological polar surface area (TPSA) is 54.0 Å². The van der Waals surface area contributed by atoms with Crippen LogP contribution in [-0.2, 0) is 0 Å². The maximum atomic E-state index is 14.3. The summed E-state index contributed by atoms with van der Waals surface area (Å²) in [5, 5.41) is 2.09. The summed E-state index contributed by atoms with van der Waals surface area (Å²) in [6, 6.07) is 12.2. The van der Waals surface area contributed by atoms with Gasteiger partial charge in [-0.15, -0.1) is 0 Å². The lowest BCUT2D eigenvalue weighted by atomic mass is 9.92. The van der Waals surface area contributed by atoms with E-state index in [-0.39, 0.29) is 5.82 Å². The summed E-state index contributed by atoms with van der Waals surface area (Å²) in [5.41, 5.74) is 4.59. The quantitative estimate of drug-likeness (QED) is 0.810. The molecule has 0 atom stereocenters. The van der Waals surface area contributed by atoms with Gasteiger partial charge in [-0.3, -0.25) is 10.0 Å². The Morgan fingerprint density at radius 2 is 1.92 bits per heavy atom. The Labute approximate surface area is 143 Å². The molecule has 2 aliphatic rings. The molecule has 0 aromatic heterocycles. The van der Waals surface area contributed by atoms with Gasteiger partial charge in [0.1, 0.15) is 12.2 Å². The highest BCUT2D eigenvalue weighted by Gasteiger charge is 2.24. The summed E-state index contributed by atoms with van der Waals surface area (Å²) in [4.78, 5) is 9.02. The zero-order chi connectivity index (χ0) is 16.7. The van der Waals surface area contributed by atoms with Crippen molar-refractivity contribution in [1.82, 2.24) is 5.01 Å². The monoisotopic (exact) mass is 340 g/mol. The first-order chi connectivity index (χ1) is 11.6. The molecule has 0 saturated heterocycles. The van der Waals surface area contributed by atoms with Gasteiger partial charge >= 0.3 is 0 Å². The molecule has 2 heterocycles. The predicted molar refractivity (Wildman–Crippen MR) is 94.7 cm³/mol. The van der Waals surface area contributed by atoms with Crippen molar-refractivity contribution < 1.29 is 4.39 Å². The molecule has 0 radical (unpaired) electrons. The molecule has 0 spiro atoms. The standard InChI is InChI=1S/C18H14ClFN4/c19-11-5-6-12-14(7-11)18(13-3-1-2-4-16(13)20)22-8-17-15(12)9-24(21)10-23-17/h1-7,10H,8-9,21H2. The van der Waals surface area contributed by atoms with Crippen molar-refractivity contribution in [2.75, 3.05) is 13.1 Å². The third-order valence-electron chi connectivity index (χ3n) is 4.13. The fraction of sp³-hybridized carbons (Fsp3) is 0.111. The molecule has 0 fully saturated rings. The molecule has 0 saturated carbocycles. The van der Waals surface area contributed by atoms with Crippen LogP contribution in [0.5, 0.6) is 0 Å². The van der Waals surface area contributed by atoms with Crippen LogP contribution in [0.3, 0.4) is 0 Å². The van der Waals surface area contributed by atoms with E-state index >= 15 is 0 Å². The van der Waals surface area contributed by atoms with Crippen molar-refractivity contribution in [3.63, 3.8) is 0 Å². The number of hydrogen-bond donors (Lipinski definition) is 1. The Morgan fingerprint density at radius 3 is 2.75 bits per heavy atom. The normalized spacial score (nSPS) is 16.5. The molecule has 0 aliphatic carbocycles. The van der Waals surface area contributed by atoms with Gasteiger partial charge in [-0.25, -0.2) is 15.2 Å². The SMILES string of the molecule is NN1C=NC2=C(C1)c1ccc(Cl)cc1C(c1ccccc1F)=NC2. The summed E-state index contributed by atoms with van der Waals surface area (Å²) in [7, 11) is 0. The molecule has 4 nitrogen and oxygen atoms in total. The number of aliphatic imine (C=N–C) groups is 2. The van der Waals surface area contributed by atoms with Crippen LogP contribution in [0.15, 0.2) is 58.1 Å². The third kappa shape index (κ3) is 2.52. The molecule has 0 amide bonds. The van der Waals surface area contributed by atoms with Crippen molar-refractivity contribution >= 4 is 29.2 Å². The number of rotatable bonds is 1. The van der Waals surface area contributed by atoms with Crippen LogP contribution in [0.2, 0.25) is 5.02 Å². The fourth-order valence-corrected chi connectivity index (χ4v) is 3.18. The van der Waals surface area contributed by atoms with Crippen LogP contribution in [-0.4, -0.2) is 30.1 Å². The highest BCUT2D eigenvalue weighted by molar-refractivity contribution is 6.31. The van der Waals surface area contributed by atoms with E-state index in [0.29, 0.717) is 29.4 Å². The minimum absolute atomic E-state index is 0.314. The number of benzene rings is 2. The van der Waals surface area contributed by atoms with Crippen LogP contribution in [0.25, 0.3) is 5.57 Å².